The zero-order chi connectivity index (χ0) is 14.5. The first-order valence-corrected chi connectivity index (χ1v) is 7.39. The van der Waals surface area contributed by atoms with Crippen LogP contribution in [0.5, 0.6) is 0 Å². The molecule has 110 valence electrons. The first-order valence-electron chi connectivity index (χ1n) is 7.39. The molecule has 0 aliphatic carbocycles. The van der Waals surface area contributed by atoms with Crippen LogP contribution in [0.2, 0.25) is 0 Å². The Bertz CT molecular complexity index is 442. The maximum atomic E-state index is 12.8. The minimum atomic E-state index is -0.302. The van der Waals surface area contributed by atoms with Gasteiger partial charge in [-0.2, -0.15) is 0 Å². The number of Topliss-reactive ketones (excluding diaryl/α,β-unsaturated/α-hetero) is 1. The van der Waals surface area contributed by atoms with Gasteiger partial charge in [0.15, 0.2) is 5.78 Å². The summed E-state index contributed by atoms with van der Waals surface area (Å²) in [6, 6.07) is 6.38. The number of halogens is 1. The van der Waals surface area contributed by atoms with Crippen molar-refractivity contribution in [1.29, 1.82) is 0 Å². The molecule has 20 heavy (non-hydrogen) atoms. The third-order valence-corrected chi connectivity index (χ3v) is 4.11. The van der Waals surface area contributed by atoms with E-state index >= 15 is 0 Å². The number of carbonyl (C=O) groups is 1. The van der Waals surface area contributed by atoms with Gasteiger partial charge in [-0.15, -0.1) is 0 Å². The van der Waals surface area contributed by atoms with Gasteiger partial charge in [-0.25, -0.2) is 4.39 Å². The topological polar surface area (TPSA) is 23.6 Å². The molecule has 4 heteroatoms. The van der Waals surface area contributed by atoms with Crippen LogP contribution in [0.3, 0.4) is 0 Å². The molecule has 1 saturated heterocycles. The molecule has 0 radical (unpaired) electrons. The smallest absolute Gasteiger partial charge is 0.176 e. The predicted molar refractivity (Wildman–Crippen MR) is 78.5 cm³/mol. The van der Waals surface area contributed by atoms with E-state index in [1.54, 1.807) is 12.1 Å². The molecule has 2 rings (SSSR count). The zero-order valence-corrected chi connectivity index (χ0v) is 12.3. The van der Waals surface area contributed by atoms with Gasteiger partial charge in [0.1, 0.15) is 5.82 Å². The molecule has 1 aliphatic rings. The Labute approximate surface area is 120 Å². The number of likely N-dealkylation sites (N-methyl/N-ethyl adjacent to an activating group) is 1. The molecule has 0 amide bonds. The fraction of sp³-hybridized carbons (Fsp3) is 0.562. The number of carbonyl (C=O) groups excluding carboxylic acids is 1. The Morgan fingerprint density at radius 1 is 1.30 bits per heavy atom. The van der Waals surface area contributed by atoms with Crippen molar-refractivity contribution >= 4 is 5.78 Å². The molecule has 1 aromatic carbocycles. The van der Waals surface area contributed by atoms with E-state index in [0.29, 0.717) is 18.2 Å². The van der Waals surface area contributed by atoms with Crippen LogP contribution in [0.25, 0.3) is 0 Å². The lowest BCUT2D eigenvalue weighted by molar-refractivity contribution is 0.0939. The van der Waals surface area contributed by atoms with Crippen LogP contribution in [-0.2, 0) is 0 Å². The summed E-state index contributed by atoms with van der Waals surface area (Å²) in [6.45, 7) is 8.82. The van der Waals surface area contributed by atoms with Gasteiger partial charge in [0.05, 0.1) is 6.54 Å². The van der Waals surface area contributed by atoms with Crippen LogP contribution in [0.15, 0.2) is 24.3 Å². The Hall–Kier alpha value is -1.26. The molecule has 0 N–H and O–H groups in total. The highest BCUT2D eigenvalue weighted by Gasteiger charge is 2.27. The predicted octanol–water partition coefficient (Wildman–Crippen LogP) is 2.42. The van der Waals surface area contributed by atoms with E-state index in [-0.39, 0.29) is 11.6 Å². The Morgan fingerprint density at radius 2 is 1.95 bits per heavy atom. The maximum absolute atomic E-state index is 12.8. The zero-order valence-electron chi connectivity index (χ0n) is 12.3. The van der Waals surface area contributed by atoms with E-state index < -0.39 is 0 Å². The van der Waals surface area contributed by atoms with E-state index in [0.717, 1.165) is 32.6 Å². The Kier molecular flexibility index (Phi) is 5.26. The number of nitrogens with zero attached hydrogens (tertiary/aromatic N) is 2. The van der Waals surface area contributed by atoms with Crippen molar-refractivity contribution in [3.63, 3.8) is 0 Å². The first kappa shape index (κ1) is 15.1. The highest BCUT2D eigenvalue weighted by molar-refractivity contribution is 5.97. The maximum Gasteiger partial charge on any atom is 0.176 e. The van der Waals surface area contributed by atoms with Gasteiger partial charge in [-0.1, -0.05) is 13.8 Å². The molecule has 1 heterocycles. The largest absolute Gasteiger partial charge is 0.300 e. The molecule has 1 fully saturated rings. The van der Waals surface area contributed by atoms with Gasteiger partial charge < -0.3 is 0 Å². The standard InChI is InChI=1S/C16H23FN2O/c1-3-19(4-2)15-9-10-18(11-15)12-16(20)13-5-7-14(17)8-6-13/h5-8,15H,3-4,9-12H2,1-2H3. The van der Waals surface area contributed by atoms with E-state index in [2.05, 4.69) is 23.6 Å². The quantitative estimate of drug-likeness (QED) is 0.747. The molecule has 1 aromatic rings. The van der Waals surface area contributed by atoms with Crippen molar-refractivity contribution in [3.05, 3.63) is 35.6 Å². The fourth-order valence-corrected chi connectivity index (χ4v) is 2.92. The highest BCUT2D eigenvalue weighted by atomic mass is 19.1. The normalized spacial score (nSPS) is 19.7. The number of benzene rings is 1. The van der Waals surface area contributed by atoms with Crippen molar-refractivity contribution in [2.24, 2.45) is 0 Å². The van der Waals surface area contributed by atoms with E-state index in [9.17, 15) is 9.18 Å². The second-order valence-electron chi connectivity index (χ2n) is 5.33. The molecule has 0 saturated carbocycles. The molecule has 3 nitrogen and oxygen atoms in total. The van der Waals surface area contributed by atoms with Crippen molar-refractivity contribution in [2.45, 2.75) is 26.3 Å². The number of hydrogen-bond acceptors (Lipinski definition) is 3. The van der Waals surface area contributed by atoms with E-state index in [4.69, 9.17) is 0 Å². The minimum absolute atomic E-state index is 0.0743. The lowest BCUT2D eigenvalue weighted by Crippen LogP contribution is -2.38. The summed E-state index contributed by atoms with van der Waals surface area (Å²) in [4.78, 5) is 16.8. The van der Waals surface area contributed by atoms with Crippen molar-refractivity contribution in [2.75, 3.05) is 32.7 Å². The average Bonchev–Trinajstić information content (AvgIpc) is 2.89. The summed E-state index contributed by atoms with van der Waals surface area (Å²) in [7, 11) is 0. The molecule has 1 atom stereocenters. The second-order valence-corrected chi connectivity index (χ2v) is 5.33. The number of rotatable bonds is 6. The molecule has 0 bridgehead atoms. The summed E-state index contributed by atoms with van der Waals surface area (Å²) >= 11 is 0. The van der Waals surface area contributed by atoms with Crippen molar-refractivity contribution in [1.82, 2.24) is 9.80 Å². The Morgan fingerprint density at radius 3 is 2.55 bits per heavy atom. The molecular weight excluding hydrogens is 255 g/mol. The van der Waals surface area contributed by atoms with Gasteiger partial charge in [0.25, 0.3) is 0 Å². The summed E-state index contributed by atoms with van der Waals surface area (Å²) < 4.78 is 12.8. The summed E-state index contributed by atoms with van der Waals surface area (Å²) in [5.74, 6) is -0.227. The number of likely N-dealkylation sites (tertiary alicyclic amines) is 1. The fourth-order valence-electron chi connectivity index (χ4n) is 2.92. The van der Waals surface area contributed by atoms with Gasteiger partial charge in [-0.3, -0.25) is 14.6 Å². The van der Waals surface area contributed by atoms with Crippen LogP contribution < -0.4 is 0 Å². The van der Waals surface area contributed by atoms with Crippen LogP contribution in [0.1, 0.15) is 30.6 Å². The lowest BCUT2D eigenvalue weighted by atomic mass is 10.1. The van der Waals surface area contributed by atoms with E-state index in [1.165, 1.54) is 12.1 Å². The summed E-state index contributed by atoms with van der Waals surface area (Å²) in [5.41, 5.74) is 0.595. The molecular formula is C16H23FN2O. The highest BCUT2D eigenvalue weighted by Crippen LogP contribution is 2.16. The lowest BCUT2D eigenvalue weighted by Gasteiger charge is -2.26. The second kappa shape index (κ2) is 6.95. The van der Waals surface area contributed by atoms with Crippen LogP contribution in [0, 0.1) is 5.82 Å². The molecule has 0 spiro atoms. The molecule has 1 unspecified atom stereocenters. The Balaban J connectivity index is 1.88. The first-order chi connectivity index (χ1) is 9.63. The van der Waals surface area contributed by atoms with E-state index in [1.807, 2.05) is 0 Å². The third-order valence-electron chi connectivity index (χ3n) is 4.11. The van der Waals surface area contributed by atoms with Gasteiger partial charge >= 0.3 is 0 Å². The third kappa shape index (κ3) is 3.64. The average molecular weight is 278 g/mol. The van der Waals surface area contributed by atoms with Crippen molar-refractivity contribution < 1.29 is 9.18 Å². The number of hydrogen-bond donors (Lipinski definition) is 0. The molecule has 1 aliphatic heterocycles. The van der Waals surface area contributed by atoms with Crippen molar-refractivity contribution in [3.8, 4) is 0 Å². The van der Waals surface area contributed by atoms with Crippen LogP contribution >= 0.6 is 0 Å². The minimum Gasteiger partial charge on any atom is -0.300 e. The van der Waals surface area contributed by atoms with Gasteiger partial charge in [0.2, 0.25) is 0 Å². The van der Waals surface area contributed by atoms with Crippen LogP contribution in [-0.4, -0.2) is 54.3 Å². The number of ketones is 1. The van der Waals surface area contributed by atoms with Crippen LogP contribution in [0.4, 0.5) is 4.39 Å². The SMILES string of the molecule is CCN(CC)C1CCN(CC(=O)c2ccc(F)cc2)C1. The summed E-state index contributed by atoms with van der Waals surface area (Å²) in [6.07, 6.45) is 1.12. The molecule has 0 aromatic heterocycles. The monoisotopic (exact) mass is 278 g/mol. The van der Waals surface area contributed by atoms with Gasteiger partial charge in [-0.05, 0) is 43.8 Å². The summed E-state index contributed by atoms with van der Waals surface area (Å²) in [5, 5.41) is 0. The van der Waals surface area contributed by atoms with Gasteiger partial charge in [0, 0.05) is 24.7 Å².